The Morgan fingerprint density at radius 2 is 1.85 bits per heavy atom. The van der Waals surface area contributed by atoms with Gasteiger partial charge in [0.25, 0.3) is 0 Å². The number of benzene rings is 1. The molecule has 0 spiro atoms. The van der Waals surface area contributed by atoms with Crippen LogP contribution in [0.2, 0.25) is 0 Å². The Morgan fingerprint density at radius 1 is 1.20 bits per heavy atom. The molecule has 4 heteroatoms. The van der Waals surface area contributed by atoms with Crippen LogP contribution in [0.15, 0.2) is 12.1 Å². The molecule has 2 N–H and O–H groups in total. The number of esters is 1. The fraction of sp³-hybridized carbons (Fsp3) is 0.562. The minimum Gasteiger partial charge on any atom is -0.508 e. The standard InChI is InChI=1S/C16H22O4/c1-10-8-13(18)11(9-12(10)17)15(2)6-5-7-16(15,3)14(19)20-4/h8-9,17-18H,5-7H2,1-4H3/t15-,16+/m1/s1. The van der Waals surface area contributed by atoms with E-state index in [1.54, 1.807) is 19.1 Å². The molecule has 1 aromatic carbocycles. The maximum Gasteiger partial charge on any atom is 0.312 e. The molecule has 0 bridgehead atoms. The quantitative estimate of drug-likeness (QED) is 0.644. The predicted octanol–water partition coefficient (Wildman–Crippen LogP) is 3.03. The first-order valence-corrected chi connectivity index (χ1v) is 6.88. The maximum atomic E-state index is 12.2. The Kier molecular flexibility index (Phi) is 3.44. The van der Waals surface area contributed by atoms with E-state index in [-0.39, 0.29) is 17.5 Å². The van der Waals surface area contributed by atoms with E-state index in [2.05, 4.69) is 0 Å². The summed E-state index contributed by atoms with van der Waals surface area (Å²) in [5, 5.41) is 20.2. The van der Waals surface area contributed by atoms with Crippen molar-refractivity contribution >= 4 is 5.97 Å². The number of ether oxygens (including phenoxy) is 1. The third kappa shape index (κ3) is 1.86. The molecule has 0 unspecified atom stereocenters. The molecular formula is C16H22O4. The Morgan fingerprint density at radius 3 is 2.45 bits per heavy atom. The summed E-state index contributed by atoms with van der Waals surface area (Å²) in [4.78, 5) is 12.2. The second kappa shape index (κ2) is 4.69. The highest BCUT2D eigenvalue weighted by molar-refractivity contribution is 5.79. The van der Waals surface area contributed by atoms with Crippen LogP contribution in [0.4, 0.5) is 0 Å². The molecule has 0 aliphatic heterocycles. The zero-order valence-electron chi connectivity index (χ0n) is 12.5. The van der Waals surface area contributed by atoms with E-state index >= 15 is 0 Å². The van der Waals surface area contributed by atoms with Crippen molar-refractivity contribution in [2.24, 2.45) is 5.41 Å². The third-order valence-electron chi connectivity index (χ3n) is 5.12. The van der Waals surface area contributed by atoms with Gasteiger partial charge in [-0.05, 0) is 44.4 Å². The van der Waals surface area contributed by atoms with Crippen molar-refractivity contribution in [3.8, 4) is 11.5 Å². The van der Waals surface area contributed by atoms with E-state index in [0.29, 0.717) is 17.5 Å². The molecule has 4 nitrogen and oxygen atoms in total. The molecule has 20 heavy (non-hydrogen) atoms. The van der Waals surface area contributed by atoms with Crippen LogP contribution in [-0.4, -0.2) is 23.3 Å². The lowest BCUT2D eigenvalue weighted by Crippen LogP contribution is -2.43. The van der Waals surface area contributed by atoms with Crippen molar-refractivity contribution in [1.82, 2.24) is 0 Å². The summed E-state index contributed by atoms with van der Waals surface area (Å²) >= 11 is 0. The second-order valence-corrected chi connectivity index (χ2v) is 6.17. The molecule has 1 saturated carbocycles. The zero-order valence-corrected chi connectivity index (χ0v) is 12.5. The van der Waals surface area contributed by atoms with Gasteiger partial charge in [0, 0.05) is 11.0 Å². The van der Waals surface area contributed by atoms with Gasteiger partial charge in [0.05, 0.1) is 12.5 Å². The summed E-state index contributed by atoms with van der Waals surface area (Å²) in [6, 6.07) is 3.13. The molecule has 2 rings (SSSR count). The number of rotatable bonds is 2. The van der Waals surface area contributed by atoms with Gasteiger partial charge in [0.2, 0.25) is 0 Å². The summed E-state index contributed by atoms with van der Waals surface area (Å²) in [5.41, 5.74) is -0.00497. The first-order valence-electron chi connectivity index (χ1n) is 6.88. The molecule has 0 amide bonds. The maximum absolute atomic E-state index is 12.2. The zero-order chi connectivity index (χ0) is 15.1. The summed E-state index contributed by atoms with van der Waals surface area (Å²) in [5.74, 6) is -0.00469. The highest BCUT2D eigenvalue weighted by Gasteiger charge is 2.56. The van der Waals surface area contributed by atoms with E-state index in [0.717, 1.165) is 12.8 Å². The van der Waals surface area contributed by atoms with Crippen molar-refractivity contribution < 1.29 is 19.7 Å². The predicted molar refractivity (Wildman–Crippen MR) is 75.8 cm³/mol. The average molecular weight is 278 g/mol. The highest BCUT2D eigenvalue weighted by atomic mass is 16.5. The number of carbonyl (C=O) groups excluding carboxylic acids is 1. The van der Waals surface area contributed by atoms with Crippen molar-refractivity contribution in [2.45, 2.75) is 45.4 Å². The lowest BCUT2D eigenvalue weighted by molar-refractivity contribution is -0.154. The number of phenolic OH excluding ortho intramolecular Hbond substituents is 2. The summed E-state index contributed by atoms with van der Waals surface area (Å²) in [7, 11) is 1.39. The Hall–Kier alpha value is -1.71. The largest absolute Gasteiger partial charge is 0.508 e. The number of aromatic hydroxyl groups is 2. The van der Waals surface area contributed by atoms with Crippen molar-refractivity contribution in [2.75, 3.05) is 7.11 Å². The first kappa shape index (κ1) is 14.7. The second-order valence-electron chi connectivity index (χ2n) is 6.17. The fourth-order valence-corrected chi connectivity index (χ4v) is 3.45. The van der Waals surface area contributed by atoms with Crippen LogP contribution in [0.25, 0.3) is 0 Å². The van der Waals surface area contributed by atoms with Gasteiger partial charge in [0.15, 0.2) is 0 Å². The van der Waals surface area contributed by atoms with Gasteiger partial charge < -0.3 is 14.9 Å². The summed E-state index contributed by atoms with van der Waals surface area (Å²) < 4.78 is 4.96. The average Bonchev–Trinajstić information content (AvgIpc) is 2.71. The van der Waals surface area contributed by atoms with Crippen molar-refractivity contribution in [3.63, 3.8) is 0 Å². The summed E-state index contributed by atoms with van der Waals surface area (Å²) in [6.45, 7) is 5.57. The molecule has 1 aromatic rings. The van der Waals surface area contributed by atoms with Crippen LogP contribution in [0.3, 0.4) is 0 Å². The lowest BCUT2D eigenvalue weighted by atomic mass is 9.63. The normalized spacial score (nSPS) is 29.4. The van der Waals surface area contributed by atoms with Gasteiger partial charge in [-0.25, -0.2) is 0 Å². The monoisotopic (exact) mass is 278 g/mol. The number of hydrogen-bond donors (Lipinski definition) is 2. The number of phenols is 2. The van der Waals surface area contributed by atoms with Crippen LogP contribution in [-0.2, 0) is 14.9 Å². The Labute approximate surface area is 119 Å². The van der Waals surface area contributed by atoms with Crippen LogP contribution in [0, 0.1) is 12.3 Å². The molecule has 110 valence electrons. The van der Waals surface area contributed by atoms with E-state index in [1.807, 2.05) is 13.8 Å². The van der Waals surface area contributed by atoms with E-state index in [9.17, 15) is 15.0 Å². The number of aryl methyl sites for hydroxylation is 1. The topological polar surface area (TPSA) is 66.8 Å². The molecule has 2 atom stereocenters. The van der Waals surface area contributed by atoms with Crippen LogP contribution in [0.5, 0.6) is 11.5 Å². The molecule has 0 radical (unpaired) electrons. The molecule has 0 saturated heterocycles. The van der Waals surface area contributed by atoms with Crippen LogP contribution >= 0.6 is 0 Å². The first-order chi connectivity index (χ1) is 9.26. The van der Waals surface area contributed by atoms with E-state index in [1.165, 1.54) is 7.11 Å². The van der Waals surface area contributed by atoms with E-state index in [4.69, 9.17) is 4.74 Å². The SMILES string of the molecule is COC(=O)[C@]1(C)CCC[C@]1(C)c1cc(O)c(C)cc1O. The molecular weight excluding hydrogens is 256 g/mol. The molecule has 0 heterocycles. The number of carbonyl (C=O) groups is 1. The van der Waals surface area contributed by atoms with Gasteiger partial charge in [-0.3, -0.25) is 4.79 Å². The Balaban J connectivity index is 2.60. The summed E-state index contributed by atoms with van der Waals surface area (Å²) in [6.07, 6.45) is 2.37. The van der Waals surface area contributed by atoms with Gasteiger partial charge in [0.1, 0.15) is 11.5 Å². The minimum absolute atomic E-state index is 0.125. The van der Waals surface area contributed by atoms with Crippen LogP contribution in [0.1, 0.15) is 44.2 Å². The Bertz CT molecular complexity index is 552. The van der Waals surface area contributed by atoms with Gasteiger partial charge in [-0.2, -0.15) is 0 Å². The van der Waals surface area contributed by atoms with Gasteiger partial charge >= 0.3 is 5.97 Å². The van der Waals surface area contributed by atoms with Crippen LogP contribution < -0.4 is 0 Å². The van der Waals surface area contributed by atoms with Gasteiger partial charge in [-0.1, -0.05) is 13.3 Å². The number of methoxy groups -OCH3 is 1. The third-order valence-corrected chi connectivity index (χ3v) is 5.12. The molecule has 0 aromatic heterocycles. The molecule has 1 aliphatic carbocycles. The van der Waals surface area contributed by atoms with E-state index < -0.39 is 10.8 Å². The minimum atomic E-state index is -0.694. The van der Waals surface area contributed by atoms with Crippen molar-refractivity contribution in [3.05, 3.63) is 23.3 Å². The molecule has 1 aliphatic rings. The molecule has 1 fully saturated rings. The van der Waals surface area contributed by atoms with Gasteiger partial charge in [-0.15, -0.1) is 0 Å². The smallest absolute Gasteiger partial charge is 0.312 e. The lowest BCUT2D eigenvalue weighted by Gasteiger charge is -2.39. The fourth-order valence-electron chi connectivity index (χ4n) is 3.45. The highest BCUT2D eigenvalue weighted by Crippen LogP contribution is 2.57. The van der Waals surface area contributed by atoms with Crippen molar-refractivity contribution in [1.29, 1.82) is 0 Å². The number of hydrogen-bond acceptors (Lipinski definition) is 4.